The van der Waals surface area contributed by atoms with Crippen LogP contribution >= 0.6 is 11.6 Å². The number of sulfone groups is 1. The van der Waals surface area contributed by atoms with E-state index in [0.29, 0.717) is 19.3 Å². The summed E-state index contributed by atoms with van der Waals surface area (Å²) in [4.78, 5) is 0. The maximum absolute atomic E-state index is 14.0. The van der Waals surface area contributed by atoms with Crippen molar-refractivity contribution in [2.45, 2.75) is 29.9 Å². The number of alkyl halides is 1. The molecule has 1 aliphatic heterocycles. The van der Waals surface area contributed by atoms with E-state index in [-0.39, 0.29) is 11.5 Å². The van der Waals surface area contributed by atoms with Gasteiger partial charge in [0, 0.05) is 17.7 Å². The van der Waals surface area contributed by atoms with Gasteiger partial charge < -0.3 is 4.74 Å². The van der Waals surface area contributed by atoms with Crippen LogP contribution in [0, 0.1) is 11.6 Å². The van der Waals surface area contributed by atoms with Crippen LogP contribution in [0.25, 0.3) is 0 Å². The smallest absolute Gasteiger partial charge is 0.154 e. The van der Waals surface area contributed by atoms with Gasteiger partial charge in [-0.05, 0) is 12.8 Å². The van der Waals surface area contributed by atoms with Crippen molar-refractivity contribution in [3.05, 3.63) is 29.3 Å². The maximum atomic E-state index is 14.0. The molecular weight excluding hydrogens is 310 g/mol. The van der Waals surface area contributed by atoms with Crippen LogP contribution in [0.3, 0.4) is 0 Å². The maximum Gasteiger partial charge on any atom is 0.154 e. The van der Waals surface area contributed by atoms with E-state index in [1.807, 2.05) is 0 Å². The highest BCUT2D eigenvalue weighted by molar-refractivity contribution is 7.92. The SMILES string of the molecule is COc1cc(F)c(C(Cl)C2CCCCS2(=O)=O)c(F)c1. The Bertz CT molecular complexity index is 581. The van der Waals surface area contributed by atoms with Gasteiger partial charge in [0.2, 0.25) is 0 Å². The molecule has 3 nitrogen and oxygen atoms in total. The Morgan fingerprint density at radius 1 is 1.30 bits per heavy atom. The Balaban J connectivity index is 2.40. The second kappa shape index (κ2) is 5.85. The van der Waals surface area contributed by atoms with E-state index in [2.05, 4.69) is 0 Å². The van der Waals surface area contributed by atoms with Crippen LogP contribution < -0.4 is 4.74 Å². The molecule has 0 aliphatic carbocycles. The minimum atomic E-state index is -3.42. The largest absolute Gasteiger partial charge is 0.497 e. The predicted molar refractivity (Wildman–Crippen MR) is 72.9 cm³/mol. The van der Waals surface area contributed by atoms with E-state index in [1.165, 1.54) is 7.11 Å². The molecule has 1 aromatic rings. The number of hydrogen-bond donors (Lipinski definition) is 0. The topological polar surface area (TPSA) is 43.4 Å². The van der Waals surface area contributed by atoms with E-state index in [9.17, 15) is 17.2 Å². The molecule has 0 N–H and O–H groups in total. The molecular formula is C13H15ClF2O3S. The van der Waals surface area contributed by atoms with Crippen LogP contribution in [0.1, 0.15) is 30.2 Å². The summed E-state index contributed by atoms with van der Waals surface area (Å²) in [5.74, 6) is -1.73. The van der Waals surface area contributed by atoms with Gasteiger partial charge in [-0.1, -0.05) is 6.42 Å². The molecule has 2 unspecified atom stereocenters. The molecule has 2 atom stereocenters. The molecule has 0 spiro atoms. The third-order valence-corrected chi connectivity index (χ3v) is 6.48. The highest BCUT2D eigenvalue weighted by Gasteiger charge is 2.38. The molecule has 1 saturated heterocycles. The fourth-order valence-electron chi connectivity index (χ4n) is 2.44. The van der Waals surface area contributed by atoms with Crippen molar-refractivity contribution in [1.82, 2.24) is 0 Å². The Labute approximate surface area is 121 Å². The molecule has 2 rings (SSSR count). The summed E-state index contributed by atoms with van der Waals surface area (Å²) < 4.78 is 56.6. The van der Waals surface area contributed by atoms with E-state index < -0.39 is 37.7 Å². The Kier molecular flexibility index (Phi) is 4.54. The monoisotopic (exact) mass is 324 g/mol. The van der Waals surface area contributed by atoms with E-state index >= 15 is 0 Å². The lowest BCUT2D eigenvalue weighted by molar-refractivity contribution is 0.404. The van der Waals surface area contributed by atoms with Crippen molar-refractivity contribution in [2.75, 3.05) is 12.9 Å². The van der Waals surface area contributed by atoms with Crippen molar-refractivity contribution in [3.63, 3.8) is 0 Å². The first-order valence-electron chi connectivity index (χ1n) is 6.25. The summed E-state index contributed by atoms with van der Waals surface area (Å²) in [6.07, 6.45) is 1.57. The zero-order valence-corrected chi connectivity index (χ0v) is 12.5. The second-order valence-electron chi connectivity index (χ2n) is 4.81. The molecule has 0 aromatic heterocycles. The van der Waals surface area contributed by atoms with Crippen molar-refractivity contribution >= 4 is 21.4 Å². The Hall–Kier alpha value is -0.880. The molecule has 0 saturated carbocycles. The minimum Gasteiger partial charge on any atom is -0.497 e. The van der Waals surface area contributed by atoms with Gasteiger partial charge >= 0.3 is 0 Å². The van der Waals surface area contributed by atoms with Gasteiger partial charge in [0.05, 0.1) is 23.5 Å². The van der Waals surface area contributed by atoms with Crippen LogP contribution in [0.15, 0.2) is 12.1 Å². The zero-order chi connectivity index (χ0) is 14.9. The van der Waals surface area contributed by atoms with Gasteiger partial charge in [-0.3, -0.25) is 0 Å². The number of halogens is 3. The third-order valence-electron chi connectivity index (χ3n) is 3.52. The number of ether oxygens (including phenoxy) is 1. The Morgan fingerprint density at radius 2 is 1.90 bits per heavy atom. The van der Waals surface area contributed by atoms with Gasteiger partial charge in [0.25, 0.3) is 0 Å². The number of methoxy groups -OCH3 is 1. The predicted octanol–water partition coefficient (Wildman–Crippen LogP) is 3.22. The molecule has 1 aromatic carbocycles. The molecule has 0 radical (unpaired) electrons. The number of hydrogen-bond acceptors (Lipinski definition) is 3. The molecule has 1 heterocycles. The fourth-order valence-corrected chi connectivity index (χ4v) is 5.18. The lowest BCUT2D eigenvalue weighted by atomic mass is 10.0. The lowest BCUT2D eigenvalue weighted by Crippen LogP contribution is -2.32. The van der Waals surface area contributed by atoms with Crippen LogP contribution in [0.2, 0.25) is 0 Å². The van der Waals surface area contributed by atoms with Gasteiger partial charge in [0.15, 0.2) is 9.84 Å². The number of rotatable bonds is 3. The van der Waals surface area contributed by atoms with Crippen LogP contribution in [0.5, 0.6) is 5.75 Å². The molecule has 1 aliphatic rings. The summed E-state index contributed by atoms with van der Waals surface area (Å²) in [6, 6.07) is 2.01. The summed E-state index contributed by atoms with van der Waals surface area (Å²) in [6.45, 7) is 0. The van der Waals surface area contributed by atoms with Crippen molar-refractivity contribution in [1.29, 1.82) is 0 Å². The van der Waals surface area contributed by atoms with Gasteiger partial charge in [-0.15, -0.1) is 11.6 Å². The molecule has 1 fully saturated rings. The summed E-state index contributed by atoms with van der Waals surface area (Å²) >= 11 is 6.08. The van der Waals surface area contributed by atoms with Crippen LogP contribution in [-0.4, -0.2) is 26.5 Å². The standard InChI is InChI=1S/C13H15ClF2O3S/c1-19-8-6-9(15)12(10(16)7-8)13(14)11-4-2-3-5-20(11,17)18/h6-7,11,13H,2-5H2,1H3. The minimum absolute atomic E-state index is 0.0142. The second-order valence-corrected chi connectivity index (χ2v) is 7.62. The molecule has 0 amide bonds. The van der Waals surface area contributed by atoms with Crippen molar-refractivity contribution in [3.8, 4) is 5.75 Å². The first-order chi connectivity index (χ1) is 9.36. The quantitative estimate of drug-likeness (QED) is 0.802. The van der Waals surface area contributed by atoms with Gasteiger partial charge in [0.1, 0.15) is 17.4 Å². The molecule has 0 bridgehead atoms. The first-order valence-corrected chi connectivity index (χ1v) is 8.40. The average molecular weight is 325 g/mol. The normalized spacial score (nSPS) is 23.3. The third kappa shape index (κ3) is 2.91. The highest BCUT2D eigenvalue weighted by atomic mass is 35.5. The fraction of sp³-hybridized carbons (Fsp3) is 0.538. The Morgan fingerprint density at radius 3 is 2.40 bits per heavy atom. The summed E-state index contributed by atoms with van der Waals surface area (Å²) in [7, 11) is -2.13. The van der Waals surface area contributed by atoms with Crippen molar-refractivity contribution in [2.24, 2.45) is 0 Å². The lowest BCUT2D eigenvalue weighted by Gasteiger charge is -2.27. The summed E-state index contributed by atoms with van der Waals surface area (Å²) in [5.41, 5.74) is -0.400. The van der Waals surface area contributed by atoms with Crippen LogP contribution in [-0.2, 0) is 9.84 Å². The average Bonchev–Trinajstić information content (AvgIpc) is 2.36. The van der Waals surface area contributed by atoms with E-state index in [0.717, 1.165) is 12.1 Å². The molecule has 7 heteroatoms. The molecule has 112 valence electrons. The first kappa shape index (κ1) is 15.5. The summed E-state index contributed by atoms with van der Waals surface area (Å²) in [5, 5.41) is -2.18. The van der Waals surface area contributed by atoms with Crippen LogP contribution in [0.4, 0.5) is 8.78 Å². The zero-order valence-electron chi connectivity index (χ0n) is 10.9. The highest BCUT2D eigenvalue weighted by Crippen LogP contribution is 2.38. The van der Waals surface area contributed by atoms with Gasteiger partial charge in [-0.2, -0.15) is 0 Å². The van der Waals surface area contributed by atoms with Crippen molar-refractivity contribution < 1.29 is 21.9 Å². The number of benzene rings is 1. The molecule has 20 heavy (non-hydrogen) atoms. The van der Waals surface area contributed by atoms with Gasteiger partial charge in [-0.25, -0.2) is 17.2 Å². The van der Waals surface area contributed by atoms with E-state index in [4.69, 9.17) is 16.3 Å². The van der Waals surface area contributed by atoms with E-state index in [1.54, 1.807) is 0 Å².